The summed E-state index contributed by atoms with van der Waals surface area (Å²) in [4.78, 5) is 4.09. The van der Waals surface area contributed by atoms with Crippen LogP contribution in [0.4, 0.5) is 11.5 Å². The number of nitrogens with zero attached hydrogens (tertiary/aromatic N) is 2. The highest BCUT2D eigenvalue weighted by molar-refractivity contribution is 7.92. The van der Waals surface area contributed by atoms with Gasteiger partial charge in [0.15, 0.2) is 0 Å². The van der Waals surface area contributed by atoms with Gasteiger partial charge in [0.25, 0.3) is 10.0 Å². The minimum Gasteiger partial charge on any atom is -0.369 e. The number of anilines is 2. The van der Waals surface area contributed by atoms with Crippen LogP contribution >= 0.6 is 0 Å². The largest absolute Gasteiger partial charge is 0.369 e. The molecule has 1 aromatic heterocycles. The average molecular weight is 302 g/mol. The van der Waals surface area contributed by atoms with Gasteiger partial charge >= 0.3 is 0 Å². The lowest BCUT2D eigenvalue weighted by molar-refractivity contribution is 0.601. The zero-order valence-corrected chi connectivity index (χ0v) is 12.2. The number of hydrogen-bond acceptors (Lipinski definition) is 5. The third-order valence-electron chi connectivity index (χ3n) is 2.65. The van der Waals surface area contributed by atoms with E-state index in [4.69, 9.17) is 5.26 Å². The summed E-state index contributed by atoms with van der Waals surface area (Å²) in [6, 6.07) is 11.3. The van der Waals surface area contributed by atoms with Crippen LogP contribution in [0.2, 0.25) is 0 Å². The van der Waals surface area contributed by atoms with Crippen LogP contribution in [0.1, 0.15) is 12.5 Å². The molecule has 0 saturated heterocycles. The molecule has 0 radical (unpaired) electrons. The summed E-state index contributed by atoms with van der Waals surface area (Å²) in [5.74, 6) is 0.295. The Morgan fingerprint density at radius 2 is 2.10 bits per heavy atom. The first-order chi connectivity index (χ1) is 10.1. The molecule has 1 aromatic carbocycles. The Labute approximate surface area is 123 Å². The predicted molar refractivity (Wildman–Crippen MR) is 80.4 cm³/mol. The second-order valence-electron chi connectivity index (χ2n) is 4.18. The van der Waals surface area contributed by atoms with E-state index in [1.54, 1.807) is 24.3 Å². The van der Waals surface area contributed by atoms with Crippen LogP contribution in [0.3, 0.4) is 0 Å². The highest BCUT2D eigenvalue weighted by Gasteiger charge is 2.19. The molecule has 0 fully saturated rings. The van der Waals surface area contributed by atoms with Crippen molar-refractivity contribution in [3.63, 3.8) is 0 Å². The fourth-order valence-electron chi connectivity index (χ4n) is 1.77. The molecule has 2 N–H and O–H groups in total. The minimum atomic E-state index is -3.78. The molecule has 2 aromatic rings. The molecule has 0 saturated carbocycles. The number of hydrogen-bond donors (Lipinski definition) is 2. The van der Waals surface area contributed by atoms with Crippen LogP contribution in [-0.2, 0) is 10.0 Å². The fraction of sp³-hybridized carbons (Fsp3) is 0.143. The Kier molecular flexibility index (Phi) is 4.40. The summed E-state index contributed by atoms with van der Waals surface area (Å²) < 4.78 is 27.3. The van der Waals surface area contributed by atoms with Gasteiger partial charge in [0.2, 0.25) is 0 Å². The fourth-order valence-corrected chi connectivity index (χ4v) is 2.95. The number of pyridine rings is 1. The van der Waals surface area contributed by atoms with Gasteiger partial charge in [0, 0.05) is 12.7 Å². The van der Waals surface area contributed by atoms with Crippen molar-refractivity contribution in [3.8, 4) is 6.07 Å². The van der Waals surface area contributed by atoms with Crippen molar-refractivity contribution in [3.05, 3.63) is 48.2 Å². The van der Waals surface area contributed by atoms with Crippen LogP contribution in [0, 0.1) is 11.3 Å². The lowest BCUT2D eigenvalue weighted by atomic mass is 10.2. The van der Waals surface area contributed by atoms with Crippen molar-refractivity contribution in [1.82, 2.24) is 4.98 Å². The lowest BCUT2D eigenvalue weighted by Crippen LogP contribution is -2.16. The molecule has 0 amide bonds. The van der Waals surface area contributed by atoms with Crippen molar-refractivity contribution in [2.45, 2.75) is 11.8 Å². The summed E-state index contributed by atoms with van der Waals surface area (Å²) in [5.41, 5.74) is 0.716. The molecule has 108 valence electrons. The molecule has 0 unspecified atom stereocenters. The van der Waals surface area contributed by atoms with Crippen molar-refractivity contribution >= 4 is 21.5 Å². The van der Waals surface area contributed by atoms with Gasteiger partial charge in [-0.1, -0.05) is 6.07 Å². The maximum atomic E-state index is 12.4. The molecule has 2 rings (SSSR count). The molecule has 0 aliphatic heterocycles. The first kappa shape index (κ1) is 14.8. The Bertz CT molecular complexity index is 782. The van der Waals surface area contributed by atoms with E-state index >= 15 is 0 Å². The van der Waals surface area contributed by atoms with E-state index in [1.807, 2.05) is 13.0 Å². The summed E-state index contributed by atoms with van der Waals surface area (Å²) in [5, 5.41) is 11.8. The van der Waals surface area contributed by atoms with E-state index in [0.717, 1.165) is 0 Å². The molecule has 0 aliphatic carbocycles. The molecular weight excluding hydrogens is 288 g/mol. The van der Waals surface area contributed by atoms with E-state index in [9.17, 15) is 8.42 Å². The number of nitriles is 1. The Morgan fingerprint density at radius 1 is 1.29 bits per heavy atom. The van der Waals surface area contributed by atoms with Gasteiger partial charge in [-0.25, -0.2) is 13.4 Å². The van der Waals surface area contributed by atoms with Gasteiger partial charge in [-0.15, -0.1) is 0 Å². The normalized spacial score (nSPS) is 10.7. The number of aromatic nitrogens is 1. The van der Waals surface area contributed by atoms with Gasteiger partial charge in [0.1, 0.15) is 10.7 Å². The highest BCUT2D eigenvalue weighted by Crippen LogP contribution is 2.21. The maximum absolute atomic E-state index is 12.4. The monoisotopic (exact) mass is 302 g/mol. The summed E-state index contributed by atoms with van der Waals surface area (Å²) >= 11 is 0. The van der Waals surface area contributed by atoms with E-state index in [0.29, 0.717) is 23.6 Å². The van der Waals surface area contributed by atoms with Gasteiger partial charge in [-0.05, 0) is 37.3 Å². The number of nitrogens with one attached hydrogen (secondary N) is 2. The van der Waals surface area contributed by atoms with E-state index in [2.05, 4.69) is 15.0 Å². The third-order valence-corrected chi connectivity index (χ3v) is 4.06. The smallest absolute Gasteiger partial charge is 0.265 e. The quantitative estimate of drug-likeness (QED) is 0.882. The SMILES string of the molecule is CCNc1ncccc1S(=O)(=O)Nc1cccc(C#N)c1. The van der Waals surface area contributed by atoms with Gasteiger partial charge in [-0.2, -0.15) is 5.26 Å². The first-order valence-electron chi connectivity index (χ1n) is 6.28. The maximum Gasteiger partial charge on any atom is 0.265 e. The molecular formula is C14H14N4O2S. The molecule has 0 atom stereocenters. The van der Waals surface area contributed by atoms with Crippen LogP contribution in [0.15, 0.2) is 47.5 Å². The highest BCUT2D eigenvalue weighted by atomic mass is 32.2. The molecule has 1 heterocycles. The zero-order chi connectivity index (χ0) is 15.3. The Morgan fingerprint density at radius 3 is 2.81 bits per heavy atom. The molecule has 7 heteroatoms. The van der Waals surface area contributed by atoms with Crippen molar-refractivity contribution in [2.75, 3.05) is 16.6 Å². The van der Waals surface area contributed by atoms with Crippen molar-refractivity contribution in [1.29, 1.82) is 5.26 Å². The standard InChI is InChI=1S/C14H14N4O2S/c1-2-16-14-13(7-4-8-17-14)21(19,20)18-12-6-3-5-11(9-12)10-15/h3-9,18H,2H2,1H3,(H,16,17). The van der Waals surface area contributed by atoms with E-state index in [1.165, 1.54) is 18.3 Å². The molecule has 0 aliphatic rings. The predicted octanol–water partition coefficient (Wildman–Crippen LogP) is 2.19. The zero-order valence-electron chi connectivity index (χ0n) is 11.4. The van der Waals surface area contributed by atoms with Crippen LogP contribution < -0.4 is 10.0 Å². The minimum absolute atomic E-state index is 0.0641. The summed E-state index contributed by atoms with van der Waals surface area (Å²) in [7, 11) is -3.78. The number of sulfonamides is 1. The lowest BCUT2D eigenvalue weighted by Gasteiger charge is -2.12. The first-order valence-corrected chi connectivity index (χ1v) is 7.77. The van der Waals surface area contributed by atoms with Crippen molar-refractivity contribution in [2.24, 2.45) is 0 Å². The molecule has 21 heavy (non-hydrogen) atoms. The van der Waals surface area contributed by atoms with E-state index in [-0.39, 0.29) is 4.90 Å². The average Bonchev–Trinajstić information content (AvgIpc) is 2.48. The van der Waals surface area contributed by atoms with Gasteiger partial charge in [-0.3, -0.25) is 4.72 Å². The van der Waals surface area contributed by atoms with Crippen LogP contribution in [-0.4, -0.2) is 19.9 Å². The van der Waals surface area contributed by atoms with E-state index < -0.39 is 10.0 Å². The number of rotatable bonds is 5. The second kappa shape index (κ2) is 6.24. The van der Waals surface area contributed by atoms with Gasteiger partial charge < -0.3 is 5.32 Å². The van der Waals surface area contributed by atoms with Crippen LogP contribution in [0.5, 0.6) is 0 Å². The Balaban J connectivity index is 2.37. The molecule has 6 nitrogen and oxygen atoms in total. The van der Waals surface area contributed by atoms with Crippen LogP contribution in [0.25, 0.3) is 0 Å². The van der Waals surface area contributed by atoms with Gasteiger partial charge in [0.05, 0.1) is 17.3 Å². The summed E-state index contributed by atoms with van der Waals surface area (Å²) in [6.45, 7) is 2.42. The second-order valence-corrected chi connectivity index (χ2v) is 5.83. The third kappa shape index (κ3) is 3.49. The Hall–Kier alpha value is -2.59. The number of benzene rings is 1. The molecule has 0 bridgehead atoms. The summed E-state index contributed by atoms with van der Waals surface area (Å²) in [6.07, 6.45) is 1.52. The topological polar surface area (TPSA) is 94.9 Å². The molecule has 0 spiro atoms. The van der Waals surface area contributed by atoms with Crippen molar-refractivity contribution < 1.29 is 8.42 Å².